The van der Waals surface area contributed by atoms with E-state index in [1.165, 1.54) is 13.2 Å². The Morgan fingerprint density at radius 3 is 2.26 bits per heavy atom. The van der Waals surface area contributed by atoms with Crippen LogP contribution in [0.5, 0.6) is 11.5 Å². The fraction of sp³-hybridized carbons (Fsp3) is 0.111. The maximum atomic E-state index is 12.0. The predicted molar refractivity (Wildman–Crippen MR) is 92.1 cm³/mol. The molecular formula is C18H18O4S. The Morgan fingerprint density at radius 2 is 1.70 bits per heavy atom. The van der Waals surface area contributed by atoms with Gasteiger partial charge in [0.2, 0.25) is 9.84 Å². The molecule has 23 heavy (non-hydrogen) atoms. The number of methoxy groups -OCH3 is 1. The van der Waals surface area contributed by atoms with Crippen LogP contribution in [0.1, 0.15) is 16.7 Å². The number of phenols is 1. The monoisotopic (exact) mass is 330 g/mol. The average molecular weight is 330 g/mol. The summed E-state index contributed by atoms with van der Waals surface area (Å²) in [4.78, 5) is -0.226. The number of phenolic OH excluding ortho intramolecular Hbond substituents is 1. The van der Waals surface area contributed by atoms with Crippen LogP contribution in [0.4, 0.5) is 0 Å². The molecule has 2 aromatic carbocycles. The summed E-state index contributed by atoms with van der Waals surface area (Å²) in [6.45, 7) is 5.28. The Balaban J connectivity index is 2.49. The number of benzene rings is 2. The van der Waals surface area contributed by atoms with E-state index < -0.39 is 15.6 Å². The molecule has 2 rings (SSSR count). The van der Waals surface area contributed by atoms with E-state index in [0.717, 1.165) is 16.5 Å². The van der Waals surface area contributed by atoms with Gasteiger partial charge in [-0.15, -0.1) is 0 Å². The number of rotatable bonds is 5. The van der Waals surface area contributed by atoms with E-state index in [1.54, 1.807) is 12.1 Å². The third kappa shape index (κ3) is 3.81. The van der Waals surface area contributed by atoms with Crippen molar-refractivity contribution in [3.63, 3.8) is 0 Å². The number of sulfone groups is 1. The summed E-state index contributed by atoms with van der Waals surface area (Å²) in [5.41, 5.74) is 2.74. The van der Waals surface area contributed by atoms with Gasteiger partial charge in [0.1, 0.15) is 4.90 Å². The smallest absolute Gasteiger partial charge is 0.203 e. The Kier molecular flexibility index (Phi) is 4.91. The molecule has 0 unspecified atom stereocenters. The Bertz CT molecular complexity index is 847. The average Bonchev–Trinajstić information content (AvgIpc) is 2.55. The highest BCUT2D eigenvalue weighted by molar-refractivity contribution is 7.94. The molecule has 0 fully saturated rings. The van der Waals surface area contributed by atoms with Crippen molar-refractivity contribution < 1.29 is 18.3 Å². The first-order valence-corrected chi connectivity index (χ1v) is 8.45. The van der Waals surface area contributed by atoms with Gasteiger partial charge in [-0.1, -0.05) is 48.6 Å². The van der Waals surface area contributed by atoms with Crippen molar-refractivity contribution in [2.24, 2.45) is 0 Å². The van der Waals surface area contributed by atoms with Crippen molar-refractivity contribution in [2.75, 3.05) is 7.11 Å². The predicted octanol–water partition coefficient (Wildman–Crippen LogP) is 3.80. The van der Waals surface area contributed by atoms with Gasteiger partial charge in [0.15, 0.2) is 11.5 Å². The lowest BCUT2D eigenvalue weighted by Crippen LogP contribution is -1.98. The Labute approximate surface area is 136 Å². The Hall–Kier alpha value is -2.53. The third-order valence-corrected chi connectivity index (χ3v) is 4.72. The zero-order chi connectivity index (χ0) is 17.0. The van der Waals surface area contributed by atoms with Gasteiger partial charge in [0, 0.05) is 5.41 Å². The molecule has 0 aliphatic rings. The van der Waals surface area contributed by atoms with Gasteiger partial charge in [-0.3, -0.25) is 0 Å². The van der Waals surface area contributed by atoms with Crippen LogP contribution in [0.3, 0.4) is 0 Å². The molecular weight excluding hydrogens is 312 g/mol. The highest BCUT2D eigenvalue weighted by atomic mass is 32.2. The lowest BCUT2D eigenvalue weighted by Gasteiger charge is -2.09. The molecule has 0 atom stereocenters. The van der Waals surface area contributed by atoms with Crippen LogP contribution in [-0.2, 0) is 9.84 Å². The summed E-state index contributed by atoms with van der Waals surface area (Å²) in [5, 5.41) is 10.8. The normalized spacial score (nSPS) is 11.6. The van der Waals surface area contributed by atoms with Crippen LogP contribution in [0, 0.1) is 6.92 Å². The summed E-state index contributed by atoms with van der Waals surface area (Å²) < 4.78 is 29.0. The van der Waals surface area contributed by atoms with Crippen molar-refractivity contribution in [3.8, 4) is 11.5 Å². The van der Waals surface area contributed by atoms with Crippen LogP contribution < -0.4 is 4.74 Å². The van der Waals surface area contributed by atoms with Crippen molar-refractivity contribution in [3.05, 3.63) is 65.1 Å². The van der Waals surface area contributed by atoms with Crippen LogP contribution in [0.2, 0.25) is 0 Å². The van der Waals surface area contributed by atoms with Crippen LogP contribution >= 0.6 is 0 Å². The first kappa shape index (κ1) is 16.8. The van der Waals surface area contributed by atoms with E-state index in [1.807, 2.05) is 37.3 Å². The van der Waals surface area contributed by atoms with E-state index in [4.69, 9.17) is 4.74 Å². The minimum Gasteiger partial charge on any atom is -0.503 e. The minimum absolute atomic E-state index is 0.0940. The summed E-state index contributed by atoms with van der Waals surface area (Å²) in [7, 11) is -2.40. The lowest BCUT2D eigenvalue weighted by molar-refractivity contribution is 0.366. The van der Waals surface area contributed by atoms with Crippen molar-refractivity contribution >= 4 is 22.0 Å². The van der Waals surface area contributed by atoms with E-state index in [0.29, 0.717) is 5.56 Å². The number of aryl methyl sites for hydroxylation is 1. The first-order chi connectivity index (χ1) is 10.9. The number of aromatic hydroxyl groups is 1. The maximum absolute atomic E-state index is 12.0. The van der Waals surface area contributed by atoms with Gasteiger partial charge in [-0.2, -0.15) is 0 Å². The number of ether oxygens (including phenoxy) is 1. The summed E-state index contributed by atoms with van der Waals surface area (Å²) in [6, 6.07) is 10.9. The van der Waals surface area contributed by atoms with Crippen molar-refractivity contribution in [2.45, 2.75) is 11.8 Å². The second-order valence-corrected chi connectivity index (χ2v) is 6.89. The van der Waals surface area contributed by atoms with Gasteiger partial charge in [0.05, 0.1) is 7.11 Å². The summed E-state index contributed by atoms with van der Waals surface area (Å²) in [6.07, 6.45) is 3.62. The highest BCUT2D eigenvalue weighted by Gasteiger charge is 2.19. The quantitative estimate of drug-likeness (QED) is 0.847. The maximum Gasteiger partial charge on any atom is 0.203 e. The molecule has 1 N–H and O–H groups in total. The topological polar surface area (TPSA) is 63.6 Å². The molecule has 0 saturated heterocycles. The highest BCUT2D eigenvalue weighted by Crippen LogP contribution is 2.35. The second-order valence-electron chi connectivity index (χ2n) is 5.03. The van der Waals surface area contributed by atoms with Crippen LogP contribution in [0.15, 0.2) is 53.3 Å². The molecule has 0 bridgehead atoms. The Morgan fingerprint density at radius 1 is 1.09 bits per heavy atom. The molecule has 0 heterocycles. The van der Waals surface area contributed by atoms with E-state index in [-0.39, 0.29) is 10.6 Å². The fourth-order valence-corrected chi connectivity index (χ4v) is 2.88. The van der Waals surface area contributed by atoms with Crippen molar-refractivity contribution in [1.82, 2.24) is 0 Å². The van der Waals surface area contributed by atoms with Gasteiger partial charge in [0.25, 0.3) is 0 Å². The molecule has 0 saturated carbocycles. The molecule has 120 valence electrons. The SMILES string of the molecule is C=CS(=O)(=O)c1cc(/C=C/c2ccc(C)cc2)cc(OC)c1O. The minimum atomic E-state index is -3.77. The van der Waals surface area contributed by atoms with Gasteiger partial charge in [-0.25, -0.2) is 8.42 Å². The number of hydrogen-bond acceptors (Lipinski definition) is 4. The van der Waals surface area contributed by atoms with Gasteiger partial charge < -0.3 is 9.84 Å². The van der Waals surface area contributed by atoms with E-state index in [9.17, 15) is 13.5 Å². The standard InChI is InChI=1S/C18H18O4S/c1-4-23(20,21)17-12-15(11-16(22-3)18(17)19)10-9-14-7-5-13(2)6-8-14/h4-12,19H,1H2,2-3H3/b10-9+. The summed E-state index contributed by atoms with van der Waals surface area (Å²) in [5.74, 6) is -0.323. The molecule has 5 heteroatoms. The van der Waals surface area contributed by atoms with Gasteiger partial charge in [-0.05, 0) is 30.2 Å². The second kappa shape index (κ2) is 6.71. The van der Waals surface area contributed by atoms with Crippen LogP contribution in [-0.4, -0.2) is 20.6 Å². The largest absolute Gasteiger partial charge is 0.503 e. The van der Waals surface area contributed by atoms with Crippen molar-refractivity contribution in [1.29, 1.82) is 0 Å². The zero-order valence-corrected chi connectivity index (χ0v) is 13.8. The number of hydrogen-bond donors (Lipinski definition) is 1. The third-order valence-electron chi connectivity index (χ3n) is 3.35. The summed E-state index contributed by atoms with van der Waals surface area (Å²) >= 11 is 0. The molecule has 4 nitrogen and oxygen atoms in total. The molecule has 0 amide bonds. The van der Waals surface area contributed by atoms with E-state index >= 15 is 0 Å². The van der Waals surface area contributed by atoms with E-state index in [2.05, 4.69) is 6.58 Å². The molecule has 0 aromatic heterocycles. The molecule has 0 aliphatic heterocycles. The lowest BCUT2D eigenvalue weighted by atomic mass is 10.1. The molecule has 0 aliphatic carbocycles. The fourth-order valence-electron chi connectivity index (χ4n) is 2.03. The molecule has 0 radical (unpaired) electrons. The van der Waals surface area contributed by atoms with Crippen LogP contribution in [0.25, 0.3) is 12.2 Å². The zero-order valence-electron chi connectivity index (χ0n) is 13.0. The molecule has 0 spiro atoms. The first-order valence-electron chi connectivity index (χ1n) is 6.90. The van der Waals surface area contributed by atoms with Gasteiger partial charge >= 0.3 is 0 Å². The molecule has 2 aromatic rings.